The highest BCUT2D eigenvalue weighted by atomic mass is 16.3. The molecule has 1 rings (SSSR count). The van der Waals surface area contributed by atoms with Crippen LogP contribution in [0.25, 0.3) is 0 Å². The average molecular weight is 247 g/mol. The number of hydrogen-bond acceptors (Lipinski definition) is 3. The summed E-state index contributed by atoms with van der Waals surface area (Å²) >= 11 is 0. The average Bonchev–Trinajstić information content (AvgIpc) is 2.34. The van der Waals surface area contributed by atoms with Gasteiger partial charge in [0.25, 0.3) is 0 Å². The summed E-state index contributed by atoms with van der Waals surface area (Å²) in [6.07, 6.45) is 3.29. The lowest BCUT2D eigenvalue weighted by molar-refractivity contribution is 0.104. The molecule has 0 radical (unpaired) electrons. The molecule has 0 saturated heterocycles. The standard InChI is InChI=1S/C15H21NO2/c1-5-16(6-2)8-7-14(17)13-10-11(3)9-12(4)15(13)18/h7-10,18H,5-6H2,1-4H3/b8-7+. The highest BCUT2D eigenvalue weighted by Crippen LogP contribution is 2.24. The van der Waals surface area contributed by atoms with Crippen LogP contribution in [0.2, 0.25) is 0 Å². The van der Waals surface area contributed by atoms with Gasteiger partial charge < -0.3 is 10.0 Å². The second-order valence-electron chi connectivity index (χ2n) is 4.38. The molecule has 3 heteroatoms. The minimum atomic E-state index is -0.161. The van der Waals surface area contributed by atoms with Gasteiger partial charge in [-0.2, -0.15) is 0 Å². The van der Waals surface area contributed by atoms with E-state index in [1.807, 2.05) is 31.7 Å². The Morgan fingerprint density at radius 3 is 2.44 bits per heavy atom. The summed E-state index contributed by atoms with van der Waals surface area (Å²) in [7, 11) is 0. The summed E-state index contributed by atoms with van der Waals surface area (Å²) < 4.78 is 0. The maximum Gasteiger partial charge on any atom is 0.191 e. The molecule has 0 atom stereocenters. The van der Waals surface area contributed by atoms with Gasteiger partial charge in [0.05, 0.1) is 5.56 Å². The Labute approximate surface area is 109 Å². The lowest BCUT2D eigenvalue weighted by Crippen LogP contribution is -2.15. The molecule has 0 unspecified atom stereocenters. The van der Waals surface area contributed by atoms with Crippen molar-refractivity contribution in [1.29, 1.82) is 0 Å². The van der Waals surface area contributed by atoms with Crippen LogP contribution >= 0.6 is 0 Å². The van der Waals surface area contributed by atoms with Crippen LogP contribution in [0.5, 0.6) is 5.75 Å². The monoisotopic (exact) mass is 247 g/mol. The maximum absolute atomic E-state index is 12.0. The minimum absolute atomic E-state index is 0.0785. The zero-order chi connectivity index (χ0) is 13.7. The van der Waals surface area contributed by atoms with Crippen molar-refractivity contribution in [1.82, 2.24) is 4.90 Å². The first-order valence-electron chi connectivity index (χ1n) is 6.26. The molecule has 0 amide bonds. The second-order valence-corrected chi connectivity index (χ2v) is 4.38. The van der Waals surface area contributed by atoms with Gasteiger partial charge >= 0.3 is 0 Å². The molecule has 3 nitrogen and oxygen atoms in total. The number of ketones is 1. The van der Waals surface area contributed by atoms with Crippen molar-refractivity contribution in [3.8, 4) is 5.75 Å². The summed E-state index contributed by atoms with van der Waals surface area (Å²) in [4.78, 5) is 14.1. The first-order chi connectivity index (χ1) is 8.49. The number of aryl methyl sites for hydroxylation is 2. The molecule has 0 bridgehead atoms. The van der Waals surface area contributed by atoms with Crippen LogP contribution in [-0.4, -0.2) is 28.9 Å². The molecule has 0 aliphatic heterocycles. The van der Waals surface area contributed by atoms with E-state index in [0.29, 0.717) is 5.56 Å². The van der Waals surface area contributed by atoms with Gasteiger partial charge in [0, 0.05) is 25.4 Å². The number of rotatable bonds is 5. The van der Waals surface area contributed by atoms with Crippen LogP contribution in [-0.2, 0) is 0 Å². The molecular weight excluding hydrogens is 226 g/mol. The highest BCUT2D eigenvalue weighted by molar-refractivity contribution is 6.06. The summed E-state index contributed by atoms with van der Waals surface area (Å²) in [6, 6.07) is 3.58. The van der Waals surface area contributed by atoms with Crippen molar-refractivity contribution in [2.24, 2.45) is 0 Å². The summed E-state index contributed by atoms with van der Waals surface area (Å²) in [5.41, 5.74) is 2.08. The summed E-state index contributed by atoms with van der Waals surface area (Å²) in [5, 5.41) is 9.90. The zero-order valence-electron chi connectivity index (χ0n) is 11.5. The quantitative estimate of drug-likeness (QED) is 0.642. The summed E-state index contributed by atoms with van der Waals surface area (Å²) in [6.45, 7) is 9.50. The van der Waals surface area contributed by atoms with Crippen molar-refractivity contribution in [3.05, 3.63) is 41.1 Å². The molecular formula is C15H21NO2. The number of carbonyl (C=O) groups excluding carboxylic acids is 1. The molecule has 0 spiro atoms. The fourth-order valence-corrected chi connectivity index (χ4v) is 1.85. The van der Waals surface area contributed by atoms with Crippen LogP contribution in [0, 0.1) is 13.8 Å². The predicted molar refractivity (Wildman–Crippen MR) is 74.0 cm³/mol. The van der Waals surface area contributed by atoms with Crippen LogP contribution in [0.15, 0.2) is 24.4 Å². The van der Waals surface area contributed by atoms with Crippen LogP contribution in [0.1, 0.15) is 35.3 Å². The number of allylic oxidation sites excluding steroid dienone is 1. The van der Waals surface area contributed by atoms with Gasteiger partial charge in [-0.1, -0.05) is 6.07 Å². The largest absolute Gasteiger partial charge is 0.507 e. The third kappa shape index (κ3) is 3.36. The first-order valence-corrected chi connectivity index (χ1v) is 6.26. The molecule has 1 aromatic carbocycles. The van der Waals surface area contributed by atoms with Gasteiger partial charge in [-0.25, -0.2) is 0 Å². The van der Waals surface area contributed by atoms with E-state index < -0.39 is 0 Å². The topological polar surface area (TPSA) is 40.5 Å². The number of phenolic OH excluding ortho intramolecular Hbond substituents is 1. The van der Waals surface area contributed by atoms with Crippen LogP contribution in [0.3, 0.4) is 0 Å². The Kier molecular flexibility index (Phi) is 4.95. The first kappa shape index (κ1) is 14.3. The van der Waals surface area contributed by atoms with Crippen molar-refractivity contribution in [3.63, 3.8) is 0 Å². The predicted octanol–water partition coefficient (Wildman–Crippen LogP) is 3.05. The number of hydrogen-bond donors (Lipinski definition) is 1. The Bertz CT molecular complexity index is 460. The van der Waals surface area contributed by atoms with Crippen molar-refractivity contribution in [2.75, 3.05) is 13.1 Å². The maximum atomic E-state index is 12.0. The van der Waals surface area contributed by atoms with Gasteiger partial charge in [-0.3, -0.25) is 4.79 Å². The fraction of sp³-hybridized carbons (Fsp3) is 0.400. The van der Waals surface area contributed by atoms with E-state index in [9.17, 15) is 9.90 Å². The van der Waals surface area contributed by atoms with Crippen molar-refractivity contribution in [2.45, 2.75) is 27.7 Å². The molecule has 0 fully saturated rings. The van der Waals surface area contributed by atoms with E-state index in [1.165, 1.54) is 6.08 Å². The van der Waals surface area contributed by atoms with E-state index in [1.54, 1.807) is 19.2 Å². The third-order valence-electron chi connectivity index (χ3n) is 2.96. The lowest BCUT2D eigenvalue weighted by atomic mass is 10.0. The molecule has 0 aliphatic rings. The van der Waals surface area contributed by atoms with Gasteiger partial charge in [0.2, 0.25) is 0 Å². The van der Waals surface area contributed by atoms with E-state index in [-0.39, 0.29) is 11.5 Å². The number of aromatic hydroxyl groups is 1. The Morgan fingerprint density at radius 2 is 1.89 bits per heavy atom. The Hall–Kier alpha value is -1.77. The molecule has 0 aliphatic carbocycles. The molecule has 0 saturated carbocycles. The lowest BCUT2D eigenvalue weighted by Gasteiger charge is -2.14. The van der Waals surface area contributed by atoms with E-state index in [2.05, 4.69) is 0 Å². The van der Waals surface area contributed by atoms with Crippen molar-refractivity contribution >= 4 is 5.78 Å². The number of carbonyl (C=O) groups is 1. The minimum Gasteiger partial charge on any atom is -0.507 e. The summed E-state index contributed by atoms with van der Waals surface area (Å²) in [5.74, 6) is -0.0824. The van der Waals surface area contributed by atoms with Crippen molar-refractivity contribution < 1.29 is 9.90 Å². The molecule has 98 valence electrons. The second kappa shape index (κ2) is 6.24. The Morgan fingerprint density at radius 1 is 1.28 bits per heavy atom. The molecule has 1 N–H and O–H groups in total. The fourth-order valence-electron chi connectivity index (χ4n) is 1.85. The van der Waals surface area contributed by atoms with Gasteiger partial charge in [0.15, 0.2) is 5.78 Å². The van der Waals surface area contributed by atoms with Gasteiger partial charge in [0.1, 0.15) is 5.75 Å². The van der Waals surface area contributed by atoms with Crippen LogP contribution in [0.4, 0.5) is 0 Å². The van der Waals surface area contributed by atoms with Gasteiger partial charge in [-0.05, 0) is 44.9 Å². The molecule has 0 heterocycles. The van der Waals surface area contributed by atoms with Crippen LogP contribution < -0.4 is 0 Å². The SMILES string of the molecule is CCN(/C=C/C(=O)c1cc(C)cc(C)c1O)CC. The number of benzene rings is 1. The number of nitrogens with zero attached hydrogens (tertiary/aromatic N) is 1. The van der Waals surface area contributed by atoms with E-state index in [4.69, 9.17) is 0 Å². The third-order valence-corrected chi connectivity index (χ3v) is 2.96. The smallest absolute Gasteiger partial charge is 0.191 e. The van der Waals surface area contributed by atoms with E-state index in [0.717, 1.165) is 24.2 Å². The molecule has 18 heavy (non-hydrogen) atoms. The Balaban J connectivity index is 2.98. The van der Waals surface area contributed by atoms with E-state index >= 15 is 0 Å². The normalized spacial score (nSPS) is 10.9. The molecule has 0 aromatic heterocycles. The highest BCUT2D eigenvalue weighted by Gasteiger charge is 2.11. The zero-order valence-corrected chi connectivity index (χ0v) is 11.5. The van der Waals surface area contributed by atoms with Gasteiger partial charge in [-0.15, -0.1) is 0 Å². The molecule has 1 aromatic rings. The number of phenols is 1.